The minimum absolute atomic E-state index is 0.184. The molecule has 0 bridgehead atoms. The molecular weight excluding hydrogens is 266 g/mol. The molecule has 0 saturated heterocycles. The van der Waals surface area contributed by atoms with Crippen LogP contribution in [-0.2, 0) is 4.65 Å². The van der Waals surface area contributed by atoms with Gasteiger partial charge >= 0.3 is 7.12 Å². The van der Waals surface area contributed by atoms with Crippen molar-refractivity contribution in [2.24, 2.45) is 0 Å². The van der Waals surface area contributed by atoms with Gasteiger partial charge in [-0.2, -0.15) is 0 Å². The highest BCUT2D eigenvalue weighted by Crippen LogP contribution is 2.25. The summed E-state index contributed by atoms with van der Waals surface area (Å²) in [5.74, 6) is 0. The molecule has 0 aliphatic heterocycles. The van der Waals surface area contributed by atoms with Crippen molar-refractivity contribution < 1.29 is 19.6 Å². The molecule has 104 valence electrons. The Bertz CT molecular complexity index is 468. The summed E-state index contributed by atoms with van der Waals surface area (Å²) in [5, 5.41) is 20.3. The molecule has 0 atom stereocenters. The molecule has 6 heteroatoms. The standard InChI is InChI=1S/C13H18BClO4/c1-12(2,17)13(3,4)19-14(18)10-6-5-7-11(15)9(10)8-16/h5-8,17-18H,1-4H3. The van der Waals surface area contributed by atoms with Crippen LogP contribution in [0.3, 0.4) is 0 Å². The summed E-state index contributed by atoms with van der Waals surface area (Å²) < 4.78 is 5.47. The van der Waals surface area contributed by atoms with E-state index in [1.807, 2.05) is 0 Å². The lowest BCUT2D eigenvalue weighted by molar-refractivity contribution is -0.0982. The van der Waals surface area contributed by atoms with Gasteiger partial charge in [0.25, 0.3) is 0 Å². The molecule has 0 saturated carbocycles. The molecular formula is C13H18BClO4. The van der Waals surface area contributed by atoms with Crippen molar-refractivity contribution in [3.63, 3.8) is 0 Å². The predicted octanol–water partition coefficient (Wildman–Crippen LogP) is 1.41. The van der Waals surface area contributed by atoms with E-state index < -0.39 is 18.3 Å². The maximum atomic E-state index is 11.0. The fourth-order valence-electron chi connectivity index (χ4n) is 1.38. The Kier molecular flexibility index (Phi) is 4.79. The van der Waals surface area contributed by atoms with E-state index in [-0.39, 0.29) is 16.0 Å². The van der Waals surface area contributed by atoms with Gasteiger partial charge in [0, 0.05) is 5.56 Å². The average molecular weight is 285 g/mol. The van der Waals surface area contributed by atoms with Gasteiger partial charge in [0.1, 0.15) is 0 Å². The summed E-state index contributed by atoms with van der Waals surface area (Å²) in [7, 11) is -1.35. The molecule has 19 heavy (non-hydrogen) atoms. The van der Waals surface area contributed by atoms with Gasteiger partial charge in [0.05, 0.1) is 16.2 Å². The van der Waals surface area contributed by atoms with E-state index in [4.69, 9.17) is 16.3 Å². The zero-order chi connectivity index (χ0) is 14.8. The quantitative estimate of drug-likeness (QED) is 0.634. The fourth-order valence-corrected chi connectivity index (χ4v) is 1.61. The highest BCUT2D eigenvalue weighted by molar-refractivity contribution is 6.62. The summed E-state index contributed by atoms with van der Waals surface area (Å²) in [5.41, 5.74) is -1.70. The third kappa shape index (κ3) is 3.57. The lowest BCUT2D eigenvalue weighted by atomic mass is 9.74. The highest BCUT2D eigenvalue weighted by Gasteiger charge is 2.40. The Hall–Kier alpha value is -0.875. The van der Waals surface area contributed by atoms with E-state index in [9.17, 15) is 14.9 Å². The van der Waals surface area contributed by atoms with Crippen LogP contribution < -0.4 is 5.46 Å². The van der Waals surface area contributed by atoms with Crippen LogP contribution in [0.1, 0.15) is 38.1 Å². The van der Waals surface area contributed by atoms with Crippen molar-refractivity contribution in [3.8, 4) is 0 Å². The second kappa shape index (κ2) is 5.63. The largest absolute Gasteiger partial charge is 0.492 e. The molecule has 2 N–H and O–H groups in total. The molecule has 0 radical (unpaired) electrons. The average Bonchev–Trinajstić information content (AvgIpc) is 2.26. The maximum Gasteiger partial charge on any atom is 0.492 e. The van der Waals surface area contributed by atoms with Gasteiger partial charge in [-0.05, 0) is 39.2 Å². The summed E-state index contributed by atoms with van der Waals surface area (Å²) in [6.45, 7) is 6.47. The van der Waals surface area contributed by atoms with Gasteiger partial charge in [0.15, 0.2) is 6.29 Å². The van der Waals surface area contributed by atoms with Crippen molar-refractivity contribution in [2.45, 2.75) is 38.9 Å². The fraction of sp³-hybridized carbons (Fsp3) is 0.462. The van der Waals surface area contributed by atoms with Crippen LogP contribution in [0.5, 0.6) is 0 Å². The number of carbonyl (C=O) groups is 1. The minimum Gasteiger partial charge on any atom is -0.423 e. The first kappa shape index (κ1) is 16.2. The molecule has 0 amide bonds. The van der Waals surface area contributed by atoms with Crippen molar-refractivity contribution in [2.75, 3.05) is 0 Å². The van der Waals surface area contributed by atoms with Crippen LogP contribution in [0.4, 0.5) is 0 Å². The summed E-state index contributed by atoms with van der Waals surface area (Å²) in [6.07, 6.45) is 0.571. The minimum atomic E-state index is -1.35. The zero-order valence-corrected chi connectivity index (χ0v) is 12.2. The number of rotatable bonds is 5. The molecule has 0 aliphatic rings. The number of halogens is 1. The molecule has 1 aromatic rings. The molecule has 4 nitrogen and oxygen atoms in total. The van der Waals surface area contributed by atoms with Gasteiger partial charge in [-0.25, -0.2) is 0 Å². The molecule has 1 rings (SSSR count). The van der Waals surface area contributed by atoms with Gasteiger partial charge in [-0.1, -0.05) is 23.7 Å². The molecule has 0 heterocycles. The monoisotopic (exact) mass is 284 g/mol. The SMILES string of the molecule is CC(C)(O)C(C)(C)OB(O)c1cccc(Cl)c1C=O. The van der Waals surface area contributed by atoms with Gasteiger partial charge in [0.2, 0.25) is 0 Å². The van der Waals surface area contributed by atoms with E-state index in [2.05, 4.69) is 0 Å². The Balaban J connectivity index is 3.06. The van der Waals surface area contributed by atoms with E-state index in [1.54, 1.807) is 45.9 Å². The third-order valence-electron chi connectivity index (χ3n) is 3.35. The first-order valence-corrected chi connectivity index (χ1v) is 6.30. The molecule has 0 spiro atoms. The summed E-state index contributed by atoms with van der Waals surface area (Å²) >= 11 is 5.89. The lowest BCUT2D eigenvalue weighted by Crippen LogP contribution is -2.53. The van der Waals surface area contributed by atoms with Crippen molar-refractivity contribution in [3.05, 3.63) is 28.8 Å². The Morgan fingerprint density at radius 3 is 2.37 bits per heavy atom. The molecule has 0 unspecified atom stereocenters. The highest BCUT2D eigenvalue weighted by atomic mass is 35.5. The number of hydrogen-bond donors (Lipinski definition) is 2. The molecule has 1 aromatic carbocycles. The van der Waals surface area contributed by atoms with E-state index in [0.717, 1.165) is 0 Å². The third-order valence-corrected chi connectivity index (χ3v) is 3.68. The number of hydrogen-bond acceptors (Lipinski definition) is 4. The number of aliphatic hydroxyl groups is 1. The second-order valence-electron chi connectivity index (χ2n) is 5.40. The zero-order valence-electron chi connectivity index (χ0n) is 11.5. The molecule has 0 aliphatic carbocycles. The topological polar surface area (TPSA) is 66.8 Å². The van der Waals surface area contributed by atoms with E-state index >= 15 is 0 Å². The number of aldehydes is 1. The smallest absolute Gasteiger partial charge is 0.423 e. The van der Waals surface area contributed by atoms with Crippen molar-refractivity contribution in [1.29, 1.82) is 0 Å². The van der Waals surface area contributed by atoms with E-state index in [1.165, 1.54) is 0 Å². The Morgan fingerprint density at radius 1 is 1.32 bits per heavy atom. The first-order chi connectivity index (χ1) is 8.60. The van der Waals surface area contributed by atoms with Crippen LogP contribution in [-0.4, -0.2) is 34.7 Å². The number of benzene rings is 1. The normalized spacial score (nSPS) is 12.4. The van der Waals surface area contributed by atoms with Gasteiger partial charge < -0.3 is 14.8 Å². The Labute approximate surface area is 118 Å². The van der Waals surface area contributed by atoms with Crippen molar-refractivity contribution >= 4 is 30.5 Å². The van der Waals surface area contributed by atoms with Crippen LogP contribution >= 0.6 is 11.6 Å². The molecule has 0 aromatic heterocycles. The van der Waals surface area contributed by atoms with Gasteiger partial charge in [-0.15, -0.1) is 0 Å². The van der Waals surface area contributed by atoms with Crippen LogP contribution in [0.25, 0.3) is 0 Å². The second-order valence-corrected chi connectivity index (χ2v) is 5.81. The van der Waals surface area contributed by atoms with Crippen LogP contribution in [0.2, 0.25) is 5.02 Å². The molecule has 0 fully saturated rings. The number of carbonyl (C=O) groups excluding carboxylic acids is 1. The predicted molar refractivity (Wildman–Crippen MR) is 75.9 cm³/mol. The van der Waals surface area contributed by atoms with Crippen LogP contribution in [0.15, 0.2) is 18.2 Å². The lowest BCUT2D eigenvalue weighted by Gasteiger charge is -2.38. The van der Waals surface area contributed by atoms with Crippen LogP contribution in [0, 0.1) is 0 Å². The van der Waals surface area contributed by atoms with Gasteiger partial charge in [-0.3, -0.25) is 4.79 Å². The maximum absolute atomic E-state index is 11.0. The first-order valence-electron chi connectivity index (χ1n) is 5.92. The van der Waals surface area contributed by atoms with E-state index in [0.29, 0.717) is 6.29 Å². The Morgan fingerprint density at radius 2 is 1.89 bits per heavy atom. The summed E-state index contributed by atoms with van der Waals surface area (Å²) in [6, 6.07) is 4.73. The van der Waals surface area contributed by atoms with Crippen molar-refractivity contribution in [1.82, 2.24) is 0 Å². The summed E-state index contributed by atoms with van der Waals surface area (Å²) in [4.78, 5) is 11.0.